The molecule has 1 aromatic carbocycles. The highest BCUT2D eigenvalue weighted by Gasteiger charge is 2.04. The normalized spacial score (nSPS) is 12.5. The topological polar surface area (TPSA) is 21.3 Å². The molecule has 96 valence electrons. The largest absolute Gasteiger partial charge is 0.489 e. The molecule has 0 aliphatic carbocycles. The van der Waals surface area contributed by atoms with Crippen LogP contribution in [0.25, 0.3) is 0 Å². The van der Waals surface area contributed by atoms with Gasteiger partial charge < -0.3 is 10.1 Å². The molecule has 1 atom stereocenters. The fraction of sp³-hybridized carbons (Fsp3) is 0.538. The van der Waals surface area contributed by atoms with Crippen LogP contribution in [0.1, 0.15) is 26.7 Å². The monoisotopic (exact) mass is 243 g/mol. The lowest BCUT2D eigenvalue weighted by molar-refractivity contribution is 0.290. The summed E-state index contributed by atoms with van der Waals surface area (Å²) >= 11 is 0. The van der Waals surface area contributed by atoms with Crippen molar-refractivity contribution in [3.05, 3.63) is 29.8 Å². The van der Waals surface area contributed by atoms with Gasteiger partial charge in [0.1, 0.15) is 12.4 Å². The van der Waals surface area contributed by atoms with Gasteiger partial charge in [-0.15, -0.1) is 0 Å². The molecule has 0 spiro atoms. The fourth-order valence-electron chi connectivity index (χ4n) is 1.59. The van der Waals surface area contributed by atoms with E-state index in [1.165, 1.54) is 12.1 Å². The van der Waals surface area contributed by atoms with Crippen molar-refractivity contribution in [2.45, 2.75) is 32.7 Å². The van der Waals surface area contributed by atoms with Gasteiger partial charge in [-0.1, -0.05) is 13.3 Å². The van der Waals surface area contributed by atoms with Crippen LogP contribution in [0.2, 0.25) is 0 Å². The molecule has 1 N–H and O–H groups in total. The Morgan fingerprint density at radius 1 is 1.35 bits per heavy atom. The Kier molecular flexibility index (Phi) is 5.91. The van der Waals surface area contributed by atoms with Crippen LogP contribution in [0.15, 0.2) is 18.2 Å². The maximum absolute atomic E-state index is 13.2. The lowest BCUT2D eigenvalue weighted by atomic mass is 10.2. The van der Waals surface area contributed by atoms with E-state index in [9.17, 15) is 8.78 Å². The first kappa shape index (κ1) is 13.9. The SMILES string of the molecule is CCCC(C)NCCOc1ccc(F)cc1F. The summed E-state index contributed by atoms with van der Waals surface area (Å²) in [5.41, 5.74) is 0. The summed E-state index contributed by atoms with van der Waals surface area (Å²) < 4.78 is 31.0. The third kappa shape index (κ3) is 5.13. The quantitative estimate of drug-likeness (QED) is 0.743. The molecule has 0 heterocycles. The number of hydrogen-bond acceptors (Lipinski definition) is 2. The highest BCUT2D eigenvalue weighted by atomic mass is 19.1. The first-order valence-corrected chi connectivity index (χ1v) is 5.94. The second-order valence-electron chi connectivity index (χ2n) is 4.07. The summed E-state index contributed by atoms with van der Waals surface area (Å²) in [6.45, 7) is 5.25. The van der Waals surface area contributed by atoms with Crippen LogP contribution in [-0.2, 0) is 0 Å². The molecule has 0 bridgehead atoms. The zero-order valence-electron chi connectivity index (χ0n) is 10.3. The average Bonchev–Trinajstić information content (AvgIpc) is 2.27. The summed E-state index contributed by atoms with van der Waals surface area (Å²) in [6.07, 6.45) is 2.23. The zero-order valence-corrected chi connectivity index (χ0v) is 10.3. The molecule has 2 nitrogen and oxygen atoms in total. The summed E-state index contributed by atoms with van der Waals surface area (Å²) in [6, 6.07) is 3.75. The zero-order chi connectivity index (χ0) is 12.7. The molecule has 4 heteroatoms. The molecule has 0 aliphatic heterocycles. The van der Waals surface area contributed by atoms with E-state index >= 15 is 0 Å². The van der Waals surface area contributed by atoms with Crippen LogP contribution in [0.3, 0.4) is 0 Å². The molecule has 0 saturated carbocycles. The molecule has 1 unspecified atom stereocenters. The number of ether oxygens (including phenoxy) is 1. The van der Waals surface area contributed by atoms with Crippen molar-refractivity contribution in [1.29, 1.82) is 0 Å². The summed E-state index contributed by atoms with van der Waals surface area (Å²) in [5.74, 6) is -1.16. The number of halogens is 2. The Bertz CT molecular complexity index is 344. The van der Waals surface area contributed by atoms with Crippen molar-refractivity contribution < 1.29 is 13.5 Å². The third-order valence-electron chi connectivity index (χ3n) is 2.47. The lowest BCUT2D eigenvalue weighted by Gasteiger charge is -2.13. The summed E-state index contributed by atoms with van der Waals surface area (Å²) in [7, 11) is 0. The fourth-order valence-corrected chi connectivity index (χ4v) is 1.59. The van der Waals surface area contributed by atoms with Crippen molar-refractivity contribution in [3.8, 4) is 5.75 Å². The summed E-state index contributed by atoms with van der Waals surface area (Å²) in [4.78, 5) is 0. The van der Waals surface area contributed by atoms with Crippen molar-refractivity contribution >= 4 is 0 Å². The number of nitrogens with one attached hydrogen (secondary N) is 1. The highest BCUT2D eigenvalue weighted by Crippen LogP contribution is 2.17. The Balaban J connectivity index is 2.26. The minimum absolute atomic E-state index is 0.0938. The van der Waals surface area contributed by atoms with Gasteiger partial charge in [0.25, 0.3) is 0 Å². The predicted octanol–water partition coefficient (Wildman–Crippen LogP) is 3.12. The van der Waals surface area contributed by atoms with E-state index in [4.69, 9.17) is 4.74 Å². The molecular formula is C13H19F2NO. The van der Waals surface area contributed by atoms with Crippen molar-refractivity contribution in [2.24, 2.45) is 0 Å². The van der Waals surface area contributed by atoms with Gasteiger partial charge in [-0.05, 0) is 25.5 Å². The van der Waals surface area contributed by atoms with Crippen molar-refractivity contribution in [1.82, 2.24) is 5.32 Å². The van der Waals surface area contributed by atoms with Crippen molar-refractivity contribution in [2.75, 3.05) is 13.2 Å². The van der Waals surface area contributed by atoms with Gasteiger partial charge in [0.15, 0.2) is 11.6 Å². The Hall–Kier alpha value is -1.16. The molecule has 0 aliphatic rings. The van der Waals surface area contributed by atoms with Crippen LogP contribution >= 0.6 is 0 Å². The first-order chi connectivity index (χ1) is 8.13. The molecular weight excluding hydrogens is 224 g/mol. The predicted molar refractivity (Wildman–Crippen MR) is 64.2 cm³/mol. The van der Waals surface area contributed by atoms with Gasteiger partial charge in [0.2, 0.25) is 0 Å². The Morgan fingerprint density at radius 3 is 2.76 bits per heavy atom. The highest BCUT2D eigenvalue weighted by molar-refractivity contribution is 5.24. The third-order valence-corrected chi connectivity index (χ3v) is 2.47. The minimum atomic E-state index is -0.661. The standard InChI is InChI=1S/C13H19F2NO/c1-3-4-10(2)16-7-8-17-13-6-5-11(14)9-12(13)15/h5-6,9-10,16H,3-4,7-8H2,1-2H3. The number of hydrogen-bond donors (Lipinski definition) is 1. The molecule has 17 heavy (non-hydrogen) atoms. The number of benzene rings is 1. The van der Waals surface area contributed by atoms with Crippen LogP contribution in [0.4, 0.5) is 8.78 Å². The van der Waals surface area contributed by atoms with E-state index in [1.807, 2.05) is 0 Å². The number of rotatable bonds is 7. The molecule has 1 aromatic rings. The second-order valence-corrected chi connectivity index (χ2v) is 4.07. The first-order valence-electron chi connectivity index (χ1n) is 5.94. The van der Waals surface area contributed by atoms with Gasteiger partial charge in [0.05, 0.1) is 0 Å². The van der Waals surface area contributed by atoms with E-state index in [1.54, 1.807) is 0 Å². The smallest absolute Gasteiger partial charge is 0.167 e. The van der Waals surface area contributed by atoms with E-state index < -0.39 is 11.6 Å². The van der Waals surface area contributed by atoms with E-state index in [-0.39, 0.29) is 5.75 Å². The maximum atomic E-state index is 13.2. The van der Waals surface area contributed by atoms with Crippen LogP contribution in [0, 0.1) is 11.6 Å². The van der Waals surface area contributed by atoms with Gasteiger partial charge in [0, 0.05) is 18.7 Å². The maximum Gasteiger partial charge on any atom is 0.167 e. The molecule has 0 fully saturated rings. The van der Waals surface area contributed by atoms with Crippen LogP contribution in [-0.4, -0.2) is 19.2 Å². The molecule has 0 aromatic heterocycles. The van der Waals surface area contributed by atoms with E-state index in [0.29, 0.717) is 19.2 Å². The van der Waals surface area contributed by atoms with Gasteiger partial charge in [-0.2, -0.15) is 0 Å². The van der Waals surface area contributed by atoms with Gasteiger partial charge in [-0.25, -0.2) is 8.78 Å². The van der Waals surface area contributed by atoms with E-state index in [0.717, 1.165) is 18.9 Å². The van der Waals surface area contributed by atoms with E-state index in [2.05, 4.69) is 19.2 Å². The van der Waals surface area contributed by atoms with Crippen molar-refractivity contribution in [3.63, 3.8) is 0 Å². The Labute approximate surface area is 101 Å². The molecule has 1 rings (SSSR count). The summed E-state index contributed by atoms with van der Waals surface area (Å²) in [5, 5.41) is 3.26. The molecule has 0 amide bonds. The van der Waals surface area contributed by atoms with Crippen LogP contribution < -0.4 is 10.1 Å². The van der Waals surface area contributed by atoms with Gasteiger partial charge in [-0.3, -0.25) is 0 Å². The molecule has 0 saturated heterocycles. The molecule has 0 radical (unpaired) electrons. The van der Waals surface area contributed by atoms with Crippen LogP contribution in [0.5, 0.6) is 5.75 Å². The second kappa shape index (κ2) is 7.22. The average molecular weight is 243 g/mol. The lowest BCUT2D eigenvalue weighted by Crippen LogP contribution is -2.30. The minimum Gasteiger partial charge on any atom is -0.489 e. The Morgan fingerprint density at radius 2 is 2.12 bits per heavy atom. The van der Waals surface area contributed by atoms with Gasteiger partial charge >= 0.3 is 0 Å².